The lowest BCUT2D eigenvalue weighted by Crippen LogP contribution is -2.31. The van der Waals surface area contributed by atoms with Crippen molar-refractivity contribution in [2.45, 2.75) is 26.8 Å². The van der Waals surface area contributed by atoms with Crippen molar-refractivity contribution in [3.8, 4) is 5.75 Å². The van der Waals surface area contributed by atoms with Gasteiger partial charge in [0.05, 0.1) is 6.04 Å². The average molecular weight is 362 g/mol. The van der Waals surface area contributed by atoms with E-state index < -0.39 is 0 Å². The Balaban J connectivity index is 1.92. The van der Waals surface area contributed by atoms with Crippen molar-refractivity contribution in [3.05, 3.63) is 63.6 Å². The molecule has 0 bridgehead atoms. The Bertz CT molecular complexity index is 670. The van der Waals surface area contributed by atoms with Crippen LogP contribution < -0.4 is 10.1 Å². The number of ether oxygens (including phenoxy) is 1. The monoisotopic (exact) mass is 361 g/mol. The predicted molar refractivity (Wildman–Crippen MR) is 92.1 cm³/mol. The molecule has 0 aliphatic heterocycles. The minimum atomic E-state index is -0.131. The number of aryl methyl sites for hydroxylation is 2. The summed E-state index contributed by atoms with van der Waals surface area (Å²) < 4.78 is 6.42. The molecule has 0 aromatic heterocycles. The minimum Gasteiger partial charge on any atom is -0.484 e. The van der Waals surface area contributed by atoms with Crippen LogP contribution in [0, 0.1) is 13.8 Å². The van der Waals surface area contributed by atoms with E-state index in [9.17, 15) is 4.79 Å². The topological polar surface area (TPSA) is 38.3 Å². The molecule has 0 heterocycles. The SMILES string of the molecule is Cc1ccc(C)c(C(C)NC(=O)COc2cccc(Br)c2)c1. The molecule has 0 saturated carbocycles. The van der Waals surface area contributed by atoms with Gasteiger partial charge in [0.15, 0.2) is 6.61 Å². The molecule has 2 aromatic carbocycles. The van der Waals surface area contributed by atoms with E-state index in [0.717, 1.165) is 10.0 Å². The van der Waals surface area contributed by atoms with E-state index in [1.54, 1.807) is 0 Å². The van der Waals surface area contributed by atoms with Crippen molar-refractivity contribution in [2.75, 3.05) is 6.61 Å². The van der Waals surface area contributed by atoms with Crippen molar-refractivity contribution in [1.29, 1.82) is 0 Å². The molecule has 1 N–H and O–H groups in total. The van der Waals surface area contributed by atoms with Gasteiger partial charge < -0.3 is 10.1 Å². The highest BCUT2D eigenvalue weighted by molar-refractivity contribution is 9.10. The number of halogens is 1. The van der Waals surface area contributed by atoms with E-state index in [4.69, 9.17) is 4.74 Å². The van der Waals surface area contributed by atoms with E-state index in [-0.39, 0.29) is 18.6 Å². The number of amides is 1. The van der Waals surface area contributed by atoms with Gasteiger partial charge in [0.2, 0.25) is 0 Å². The number of carbonyl (C=O) groups excluding carboxylic acids is 1. The molecule has 1 amide bonds. The van der Waals surface area contributed by atoms with Crippen LogP contribution in [0.5, 0.6) is 5.75 Å². The van der Waals surface area contributed by atoms with Crippen LogP contribution in [0.15, 0.2) is 46.9 Å². The second-order valence-corrected chi connectivity index (χ2v) is 6.31. The van der Waals surface area contributed by atoms with Crippen LogP contribution in [0.1, 0.15) is 29.7 Å². The highest BCUT2D eigenvalue weighted by Gasteiger charge is 2.12. The first kappa shape index (κ1) is 16.6. The highest BCUT2D eigenvalue weighted by Crippen LogP contribution is 2.19. The predicted octanol–water partition coefficient (Wildman–Crippen LogP) is 4.32. The molecule has 0 radical (unpaired) electrons. The summed E-state index contributed by atoms with van der Waals surface area (Å²) >= 11 is 3.37. The molecule has 3 nitrogen and oxygen atoms in total. The van der Waals surface area contributed by atoms with Crippen LogP contribution in [0.25, 0.3) is 0 Å². The lowest BCUT2D eigenvalue weighted by atomic mass is 10.00. The van der Waals surface area contributed by atoms with Gasteiger partial charge in [0.25, 0.3) is 5.91 Å². The number of carbonyl (C=O) groups is 1. The minimum absolute atomic E-state index is 0.00561. The maximum atomic E-state index is 12.0. The van der Waals surface area contributed by atoms with Crippen molar-refractivity contribution < 1.29 is 9.53 Å². The van der Waals surface area contributed by atoms with Gasteiger partial charge in [-0.25, -0.2) is 0 Å². The van der Waals surface area contributed by atoms with Gasteiger partial charge in [-0.1, -0.05) is 45.8 Å². The maximum Gasteiger partial charge on any atom is 0.258 e. The first-order valence-electron chi connectivity index (χ1n) is 7.20. The lowest BCUT2D eigenvalue weighted by molar-refractivity contribution is -0.123. The molecule has 116 valence electrons. The molecule has 4 heteroatoms. The van der Waals surface area contributed by atoms with Crippen molar-refractivity contribution in [2.24, 2.45) is 0 Å². The van der Waals surface area contributed by atoms with Crippen LogP contribution in [0.2, 0.25) is 0 Å². The van der Waals surface area contributed by atoms with Gasteiger partial charge in [-0.15, -0.1) is 0 Å². The number of rotatable bonds is 5. The molecular formula is C18H20BrNO2. The Morgan fingerprint density at radius 2 is 2.00 bits per heavy atom. The van der Waals surface area contributed by atoms with E-state index in [2.05, 4.69) is 46.4 Å². The molecule has 1 unspecified atom stereocenters. The number of nitrogens with one attached hydrogen (secondary N) is 1. The van der Waals surface area contributed by atoms with Crippen LogP contribution in [-0.2, 0) is 4.79 Å². The van der Waals surface area contributed by atoms with Gasteiger partial charge >= 0.3 is 0 Å². The van der Waals surface area contributed by atoms with Crippen molar-refractivity contribution >= 4 is 21.8 Å². The summed E-state index contributed by atoms with van der Waals surface area (Å²) in [5, 5.41) is 2.97. The van der Waals surface area contributed by atoms with E-state index in [0.29, 0.717) is 5.75 Å². The molecule has 22 heavy (non-hydrogen) atoms. The third-order valence-corrected chi connectivity index (χ3v) is 3.94. The molecule has 0 aliphatic rings. The fourth-order valence-electron chi connectivity index (χ4n) is 2.29. The van der Waals surface area contributed by atoms with E-state index >= 15 is 0 Å². The van der Waals surface area contributed by atoms with E-state index in [1.165, 1.54) is 11.1 Å². The first-order chi connectivity index (χ1) is 10.5. The van der Waals surface area contributed by atoms with Crippen LogP contribution >= 0.6 is 15.9 Å². The molecule has 2 aromatic rings. The fourth-order valence-corrected chi connectivity index (χ4v) is 2.67. The molecular weight excluding hydrogens is 342 g/mol. The molecule has 2 rings (SSSR count). The van der Waals surface area contributed by atoms with Gasteiger partial charge in [0.1, 0.15) is 5.75 Å². The maximum absolute atomic E-state index is 12.0. The summed E-state index contributed by atoms with van der Waals surface area (Å²) in [4.78, 5) is 12.0. The third-order valence-electron chi connectivity index (χ3n) is 3.44. The largest absolute Gasteiger partial charge is 0.484 e. The van der Waals surface area contributed by atoms with Crippen molar-refractivity contribution in [3.63, 3.8) is 0 Å². The smallest absolute Gasteiger partial charge is 0.258 e. The molecule has 0 fully saturated rings. The quantitative estimate of drug-likeness (QED) is 0.860. The van der Waals surface area contributed by atoms with Gasteiger partial charge in [-0.3, -0.25) is 4.79 Å². The van der Waals surface area contributed by atoms with Crippen molar-refractivity contribution in [1.82, 2.24) is 5.32 Å². The number of hydrogen-bond donors (Lipinski definition) is 1. The summed E-state index contributed by atoms with van der Waals surface area (Å²) in [6.45, 7) is 6.09. The molecule has 1 atom stereocenters. The molecule has 0 spiro atoms. The zero-order valence-corrected chi connectivity index (χ0v) is 14.6. The number of benzene rings is 2. The van der Waals surface area contributed by atoms with Gasteiger partial charge in [-0.05, 0) is 50.1 Å². The van der Waals surface area contributed by atoms with Gasteiger partial charge in [-0.2, -0.15) is 0 Å². The molecule has 0 saturated heterocycles. The number of hydrogen-bond acceptors (Lipinski definition) is 2. The normalized spacial score (nSPS) is 11.8. The lowest BCUT2D eigenvalue weighted by Gasteiger charge is -2.17. The fraction of sp³-hybridized carbons (Fsp3) is 0.278. The Kier molecular flexibility index (Phi) is 5.61. The summed E-state index contributed by atoms with van der Waals surface area (Å²) in [5.74, 6) is 0.539. The second-order valence-electron chi connectivity index (χ2n) is 5.40. The average Bonchev–Trinajstić information content (AvgIpc) is 2.47. The third kappa shape index (κ3) is 4.60. The molecule has 0 aliphatic carbocycles. The first-order valence-corrected chi connectivity index (χ1v) is 8.00. The standard InChI is InChI=1S/C18H20BrNO2/c1-12-7-8-13(2)17(9-12)14(3)20-18(21)11-22-16-6-4-5-15(19)10-16/h4-10,14H,11H2,1-3H3,(H,20,21). The Labute approximate surface area is 139 Å². The Morgan fingerprint density at radius 3 is 2.73 bits per heavy atom. The zero-order chi connectivity index (χ0) is 16.1. The van der Waals surface area contributed by atoms with Crippen LogP contribution in [0.4, 0.5) is 0 Å². The summed E-state index contributed by atoms with van der Waals surface area (Å²) in [6.07, 6.45) is 0. The summed E-state index contributed by atoms with van der Waals surface area (Å²) in [5.41, 5.74) is 3.49. The Morgan fingerprint density at radius 1 is 1.23 bits per heavy atom. The van der Waals surface area contributed by atoms with E-state index in [1.807, 2.05) is 38.1 Å². The second kappa shape index (κ2) is 7.45. The highest BCUT2D eigenvalue weighted by atomic mass is 79.9. The summed E-state index contributed by atoms with van der Waals surface area (Å²) in [7, 11) is 0. The van der Waals surface area contributed by atoms with Crippen LogP contribution in [-0.4, -0.2) is 12.5 Å². The summed E-state index contributed by atoms with van der Waals surface area (Å²) in [6, 6.07) is 13.7. The Hall–Kier alpha value is -1.81. The van der Waals surface area contributed by atoms with Gasteiger partial charge in [0, 0.05) is 4.47 Å². The zero-order valence-electron chi connectivity index (χ0n) is 13.0. The van der Waals surface area contributed by atoms with Crippen LogP contribution in [0.3, 0.4) is 0 Å².